The fourth-order valence-electron chi connectivity index (χ4n) is 22.2. The van der Waals surface area contributed by atoms with E-state index in [0.717, 1.165) is 101 Å². The van der Waals surface area contributed by atoms with Gasteiger partial charge in [-0.3, -0.25) is 24.5 Å². The monoisotopic (exact) mass is 1660 g/mol. The molecule has 4 N–H and O–H groups in total. The minimum Gasteiger partial charge on any atom is -0.449 e. The highest BCUT2D eigenvalue weighted by molar-refractivity contribution is 6.02. The smallest absolute Gasteiger partial charge is 0.407 e. The summed E-state index contributed by atoms with van der Waals surface area (Å²) in [6.07, 6.45) is 9.05. The number of nitro benzene ring substituents is 1. The normalized spacial score (nSPS) is 23.1. The third-order valence-corrected chi connectivity index (χ3v) is 28.2. The lowest BCUT2D eigenvalue weighted by atomic mass is 9.43. The van der Waals surface area contributed by atoms with Gasteiger partial charge in [0.05, 0.1) is 28.9 Å². The summed E-state index contributed by atoms with van der Waals surface area (Å²) < 4.78 is 44.3. The van der Waals surface area contributed by atoms with Crippen LogP contribution in [0.5, 0.6) is 0 Å². The lowest BCUT2D eigenvalue weighted by Crippen LogP contribution is -2.63. The maximum atomic E-state index is 14.4. The average Bonchev–Trinajstić information content (AvgIpc) is 1.37. The van der Waals surface area contributed by atoms with Crippen molar-refractivity contribution < 1.29 is 76.4 Å². The standard InChI is InChI=1S/C96H111N9O17/c1-60(23-19-49-103(56-88(109)121-104-86(107)41-42-87(104)108)85(106)36-5-4-18-45-97-81-39-40-82(105(113)114)91-90(81)101-122-102-91)78-37-38-79-89-80(55-84(96(78,79)3)117-52-22-48-100-94(112)120-59-77-73-34-16-10-28-67(73)68-29-11-17-35-74(68)77)95(2)44-43-62(115-50-20-46-98-92(110)118-57-75-69-30-12-6-24-63(69)64-25-7-13-31-70(64)75)53-61(95)54-83(89)116-51-21-47-99-93(111)119-58-76-71-32-14-8-26-65(71)66-27-9-15-33-72(66)76/h6-17,24-35,39-40,60-62,75-80,83-84,89,97H,4-5,18-23,36-38,41-59H2,1-3H3,(H,98,110)(H,99,111)(H,100,112)/t60?,61?,62-,78?,79?,80?,83-,84+,89?,95+,96-/m1/s1. The topological polar surface area (TPSA) is 321 Å². The van der Waals surface area contributed by atoms with Crippen LogP contribution in [0.3, 0.4) is 0 Å². The number of nitrogens with one attached hydrogen (secondary N) is 4. The van der Waals surface area contributed by atoms with Crippen molar-refractivity contribution in [1.29, 1.82) is 0 Å². The zero-order chi connectivity index (χ0) is 84.4. The van der Waals surface area contributed by atoms with Crippen LogP contribution in [0.25, 0.3) is 44.4 Å². The third-order valence-electron chi connectivity index (χ3n) is 28.2. The molecule has 26 heteroatoms. The van der Waals surface area contributed by atoms with E-state index in [-0.39, 0.29) is 151 Å². The van der Waals surface area contributed by atoms with E-state index in [1.54, 1.807) is 6.07 Å². The summed E-state index contributed by atoms with van der Waals surface area (Å²) in [5.41, 5.74) is 13.9. The molecule has 26 nitrogen and oxygen atoms in total. The molecule has 8 aromatic rings. The molecule has 7 aromatic carbocycles. The Morgan fingerprint density at radius 3 is 1.57 bits per heavy atom. The van der Waals surface area contributed by atoms with Gasteiger partial charge in [-0.05, 0) is 214 Å². The van der Waals surface area contributed by atoms with Crippen LogP contribution in [-0.2, 0) is 52.4 Å². The number of anilines is 1. The van der Waals surface area contributed by atoms with Gasteiger partial charge in [0.15, 0.2) is 5.52 Å². The van der Waals surface area contributed by atoms with E-state index in [9.17, 15) is 43.7 Å². The highest BCUT2D eigenvalue weighted by Gasteiger charge is 2.67. The van der Waals surface area contributed by atoms with Crippen LogP contribution in [0.15, 0.2) is 162 Å². The first kappa shape index (κ1) is 84.5. The number of benzene rings is 7. The molecule has 1 saturated heterocycles. The Balaban J connectivity index is 0.594. The number of fused-ring (bicyclic) bond motifs is 15. The van der Waals surface area contributed by atoms with E-state index >= 15 is 0 Å². The van der Waals surface area contributed by atoms with Crippen LogP contribution in [0.2, 0.25) is 0 Å². The second kappa shape index (κ2) is 38.1. The minimum absolute atomic E-state index is 0.00458. The van der Waals surface area contributed by atoms with Crippen molar-refractivity contribution in [3.05, 3.63) is 201 Å². The first-order valence-electron chi connectivity index (χ1n) is 44.0. The summed E-state index contributed by atoms with van der Waals surface area (Å²) in [6, 6.07) is 52.6. The number of alkyl carbamates (subject to hydrolysis) is 3. The van der Waals surface area contributed by atoms with E-state index in [1.165, 1.54) is 22.1 Å². The number of nitrogens with zero attached hydrogens (tertiary/aromatic N) is 5. The van der Waals surface area contributed by atoms with Gasteiger partial charge in [-0.25, -0.2) is 23.8 Å². The Labute approximate surface area is 711 Å². The van der Waals surface area contributed by atoms with Gasteiger partial charge >= 0.3 is 29.9 Å². The number of hydrogen-bond acceptors (Lipinski definition) is 20. The molecule has 16 rings (SSSR count). The molecule has 6 unspecified atom stereocenters. The van der Waals surface area contributed by atoms with Crippen molar-refractivity contribution >= 4 is 64.4 Å². The van der Waals surface area contributed by atoms with Gasteiger partial charge < -0.3 is 59.4 Å². The highest BCUT2D eigenvalue weighted by Crippen LogP contribution is 2.70. The van der Waals surface area contributed by atoms with Crippen LogP contribution in [0, 0.1) is 56.5 Å². The molecule has 4 saturated carbocycles. The summed E-state index contributed by atoms with van der Waals surface area (Å²) in [5, 5.41) is 32.1. The number of carbonyl (C=O) groups is 7. The van der Waals surface area contributed by atoms with Crippen molar-refractivity contribution in [1.82, 2.24) is 36.2 Å². The van der Waals surface area contributed by atoms with E-state index in [2.05, 4.69) is 125 Å². The molecular formula is C96H111N9O17. The summed E-state index contributed by atoms with van der Waals surface area (Å²) in [5.74, 6) is -1.56. The number of hydrogen-bond donors (Lipinski definition) is 4. The highest BCUT2D eigenvalue weighted by atomic mass is 16.7. The zero-order valence-electron chi connectivity index (χ0n) is 69.8. The SMILES string of the molecule is CC(CCCN(CC(=O)ON1C(=O)CCC1=O)C(=O)CCCCCNc1ccc([N+](=O)[O-])c2nonc12)C1CCC2C3C(C[C@H](OCCCNC(=O)OCC4c5ccccc5-c5ccccc54)[C@]12C)[C@@]1(C)CC[C@@H](OCCCNC(=O)OCC2c4ccccc4-c4ccccc42)CC1C[C@H]3OCCCNC(=O)OCC1c2ccccc2-c2ccccc21. The number of rotatable bonds is 37. The molecule has 2 heterocycles. The summed E-state index contributed by atoms with van der Waals surface area (Å²) in [4.78, 5) is 112. The van der Waals surface area contributed by atoms with Crippen LogP contribution in [0.4, 0.5) is 25.8 Å². The predicted octanol–water partition coefficient (Wildman–Crippen LogP) is 16.8. The van der Waals surface area contributed by atoms with E-state index in [0.29, 0.717) is 108 Å². The molecular weight excluding hydrogens is 1550 g/mol. The van der Waals surface area contributed by atoms with Crippen LogP contribution >= 0.6 is 0 Å². The van der Waals surface area contributed by atoms with Crippen molar-refractivity contribution in [3.8, 4) is 33.4 Å². The molecule has 1 aromatic heterocycles. The molecule has 1 aliphatic heterocycles. The zero-order valence-corrected chi connectivity index (χ0v) is 69.8. The molecule has 6 amide bonds. The predicted molar refractivity (Wildman–Crippen MR) is 456 cm³/mol. The lowest BCUT2D eigenvalue weighted by molar-refractivity contribution is -0.383. The van der Waals surface area contributed by atoms with Crippen LogP contribution in [-0.4, -0.2) is 164 Å². The number of nitro groups is 1. The van der Waals surface area contributed by atoms with Gasteiger partial charge in [-0.2, -0.15) is 0 Å². The fraction of sp³-hybridized carbons (Fsp3) is 0.490. The second-order valence-electron chi connectivity index (χ2n) is 34.9. The van der Waals surface area contributed by atoms with E-state index in [4.69, 9.17) is 37.9 Å². The number of imide groups is 1. The number of unbranched alkanes of at least 4 members (excludes halogenated alkanes) is 2. The van der Waals surface area contributed by atoms with Crippen molar-refractivity contribution in [2.75, 3.05) is 84.2 Å². The Hall–Kier alpha value is -11.1. The number of amides is 6. The first-order valence-corrected chi connectivity index (χ1v) is 44.0. The number of ether oxygens (including phenoxy) is 6. The molecule has 11 atom stereocenters. The molecule has 0 radical (unpaired) electrons. The molecule has 642 valence electrons. The Bertz CT molecular complexity index is 4980. The largest absolute Gasteiger partial charge is 0.449 e. The maximum Gasteiger partial charge on any atom is 0.407 e. The van der Waals surface area contributed by atoms with Gasteiger partial charge in [-0.1, -0.05) is 173 Å². The molecule has 0 spiro atoms. The van der Waals surface area contributed by atoms with E-state index < -0.39 is 47.5 Å². The Morgan fingerprint density at radius 2 is 1.05 bits per heavy atom. The van der Waals surface area contributed by atoms with Gasteiger partial charge in [0.25, 0.3) is 11.8 Å². The van der Waals surface area contributed by atoms with Gasteiger partial charge in [-0.15, -0.1) is 5.06 Å². The average molecular weight is 1660 g/mol. The molecule has 0 bridgehead atoms. The fourth-order valence-corrected chi connectivity index (χ4v) is 22.2. The Kier molecular flexibility index (Phi) is 26.4. The summed E-state index contributed by atoms with van der Waals surface area (Å²) >= 11 is 0. The number of hydroxylamine groups is 2. The molecule has 122 heavy (non-hydrogen) atoms. The number of aromatic nitrogens is 2. The first-order chi connectivity index (χ1) is 59.4. The van der Waals surface area contributed by atoms with Crippen LogP contribution in [0.1, 0.15) is 187 Å². The quantitative estimate of drug-likeness (QED) is 0.00924. The lowest BCUT2D eigenvalue weighted by Gasteiger charge is -2.65. The molecule has 5 fully saturated rings. The third kappa shape index (κ3) is 17.9. The second-order valence-corrected chi connectivity index (χ2v) is 34.9. The van der Waals surface area contributed by atoms with E-state index in [1.807, 2.05) is 72.8 Å². The molecule has 7 aliphatic carbocycles. The maximum absolute atomic E-state index is 14.4. The van der Waals surface area contributed by atoms with Crippen LogP contribution < -0.4 is 21.3 Å². The van der Waals surface area contributed by atoms with Crippen molar-refractivity contribution in [2.24, 2.45) is 46.3 Å². The number of non-ortho nitro benzene ring substituents is 1. The summed E-state index contributed by atoms with van der Waals surface area (Å²) in [6.45, 7) is 10.5. The summed E-state index contributed by atoms with van der Waals surface area (Å²) in [7, 11) is 0. The number of carbonyl (C=O) groups excluding carboxylic acids is 7. The minimum atomic E-state index is -0.890. The van der Waals surface area contributed by atoms with Gasteiger partial charge in [0.2, 0.25) is 11.4 Å². The Morgan fingerprint density at radius 1 is 0.557 bits per heavy atom. The van der Waals surface area contributed by atoms with Crippen molar-refractivity contribution in [2.45, 2.75) is 172 Å². The van der Waals surface area contributed by atoms with Crippen molar-refractivity contribution in [3.63, 3.8) is 0 Å². The molecule has 8 aliphatic rings. The van der Waals surface area contributed by atoms with Gasteiger partial charge in [0, 0.05) is 101 Å². The van der Waals surface area contributed by atoms with Gasteiger partial charge in [0.1, 0.15) is 26.4 Å².